The Bertz CT molecular complexity index is 743. The highest BCUT2D eigenvalue weighted by Crippen LogP contribution is 2.12. The zero-order valence-corrected chi connectivity index (χ0v) is 14.2. The Hall–Kier alpha value is -2.37. The van der Waals surface area contributed by atoms with E-state index in [9.17, 15) is 9.59 Å². The highest BCUT2D eigenvalue weighted by atomic mass is 35.5. The molecule has 5 nitrogen and oxygen atoms in total. The summed E-state index contributed by atoms with van der Waals surface area (Å²) in [4.78, 5) is 27.6. The van der Waals surface area contributed by atoms with Crippen LogP contribution in [0.2, 0.25) is 10.0 Å². The van der Waals surface area contributed by atoms with Gasteiger partial charge in [-0.2, -0.15) is 0 Å². The lowest BCUT2D eigenvalue weighted by atomic mass is 10.2. The molecule has 1 heterocycles. The Morgan fingerprint density at radius 2 is 1.79 bits per heavy atom. The van der Waals surface area contributed by atoms with Crippen molar-refractivity contribution in [1.82, 2.24) is 4.98 Å². The van der Waals surface area contributed by atoms with Crippen molar-refractivity contribution in [2.45, 2.75) is 13.0 Å². The molecular weight excluding hydrogens is 351 g/mol. The standard InChI is InChI=1S/C17H14Cl2N2O3/c1-11(17(23)21-15-8-7-14(19)10-20-15)24-16(22)9-4-12-2-5-13(18)6-3-12/h2-11H,1H3,(H,20,21,23)/b9-4+/t11-/m1/s1. The van der Waals surface area contributed by atoms with Gasteiger partial charge in [0.25, 0.3) is 5.91 Å². The number of hydrogen-bond donors (Lipinski definition) is 1. The lowest BCUT2D eigenvalue weighted by Gasteiger charge is -2.11. The number of halogens is 2. The monoisotopic (exact) mass is 364 g/mol. The van der Waals surface area contributed by atoms with Crippen LogP contribution in [-0.2, 0) is 14.3 Å². The number of esters is 1. The molecule has 0 aliphatic heterocycles. The summed E-state index contributed by atoms with van der Waals surface area (Å²) in [5.41, 5.74) is 0.791. The Labute approximate surface area is 149 Å². The molecule has 1 amide bonds. The zero-order chi connectivity index (χ0) is 17.5. The number of nitrogens with zero attached hydrogens (tertiary/aromatic N) is 1. The van der Waals surface area contributed by atoms with Crippen molar-refractivity contribution >= 4 is 47.0 Å². The van der Waals surface area contributed by atoms with Gasteiger partial charge >= 0.3 is 5.97 Å². The number of hydrogen-bond acceptors (Lipinski definition) is 4. The molecule has 1 aromatic carbocycles. The van der Waals surface area contributed by atoms with Gasteiger partial charge in [0, 0.05) is 17.3 Å². The number of benzene rings is 1. The van der Waals surface area contributed by atoms with Crippen LogP contribution in [0.1, 0.15) is 12.5 Å². The van der Waals surface area contributed by atoms with Gasteiger partial charge in [-0.15, -0.1) is 0 Å². The first-order chi connectivity index (χ1) is 11.4. The number of nitrogens with one attached hydrogen (secondary N) is 1. The number of anilines is 1. The maximum Gasteiger partial charge on any atom is 0.331 e. The molecule has 0 aliphatic carbocycles. The normalized spacial score (nSPS) is 12.0. The summed E-state index contributed by atoms with van der Waals surface area (Å²) in [6.07, 6.45) is 3.25. The minimum atomic E-state index is -0.968. The number of carbonyl (C=O) groups excluding carboxylic acids is 2. The molecule has 1 aromatic heterocycles. The van der Waals surface area contributed by atoms with Crippen LogP contribution in [0.3, 0.4) is 0 Å². The van der Waals surface area contributed by atoms with E-state index in [1.165, 1.54) is 19.2 Å². The highest BCUT2D eigenvalue weighted by Gasteiger charge is 2.17. The summed E-state index contributed by atoms with van der Waals surface area (Å²) < 4.78 is 5.04. The lowest BCUT2D eigenvalue weighted by Crippen LogP contribution is -2.29. The van der Waals surface area contributed by atoms with Crippen LogP contribution in [0.15, 0.2) is 48.7 Å². The minimum absolute atomic E-state index is 0.323. The molecule has 0 fully saturated rings. The molecule has 2 aromatic rings. The summed E-state index contributed by atoms with van der Waals surface area (Å²) >= 11 is 11.5. The number of aromatic nitrogens is 1. The Balaban J connectivity index is 1.87. The van der Waals surface area contributed by atoms with E-state index < -0.39 is 18.0 Å². The van der Waals surface area contributed by atoms with E-state index in [0.29, 0.717) is 15.9 Å². The number of rotatable bonds is 5. The fourth-order valence-electron chi connectivity index (χ4n) is 1.68. The predicted molar refractivity (Wildman–Crippen MR) is 93.9 cm³/mol. The first kappa shape index (κ1) is 18.0. The molecular formula is C17H14Cl2N2O3. The van der Waals surface area contributed by atoms with E-state index in [2.05, 4.69) is 10.3 Å². The smallest absolute Gasteiger partial charge is 0.331 e. The van der Waals surface area contributed by atoms with Crippen LogP contribution < -0.4 is 5.32 Å². The average Bonchev–Trinajstić information content (AvgIpc) is 2.56. The van der Waals surface area contributed by atoms with Gasteiger partial charge in [0.05, 0.1) is 5.02 Å². The summed E-state index contributed by atoms with van der Waals surface area (Å²) in [5, 5.41) is 3.60. The van der Waals surface area contributed by atoms with Crippen molar-refractivity contribution in [3.8, 4) is 0 Å². The van der Waals surface area contributed by atoms with Crippen LogP contribution in [-0.4, -0.2) is 23.0 Å². The largest absolute Gasteiger partial charge is 0.449 e. The quantitative estimate of drug-likeness (QED) is 0.643. The maximum atomic E-state index is 11.9. The third kappa shape index (κ3) is 5.68. The number of carbonyl (C=O) groups is 2. The number of ether oxygens (including phenoxy) is 1. The molecule has 0 spiro atoms. The summed E-state index contributed by atoms with van der Waals surface area (Å²) in [6.45, 7) is 1.47. The van der Waals surface area contributed by atoms with E-state index in [1.54, 1.807) is 42.5 Å². The molecule has 2 rings (SSSR count). The van der Waals surface area contributed by atoms with Crippen LogP contribution in [0, 0.1) is 0 Å². The second-order valence-corrected chi connectivity index (χ2v) is 5.69. The Morgan fingerprint density at radius 1 is 1.12 bits per heavy atom. The molecule has 0 saturated heterocycles. The number of pyridine rings is 1. The van der Waals surface area contributed by atoms with E-state index in [1.807, 2.05) is 0 Å². The molecule has 1 N–H and O–H groups in total. The summed E-state index contributed by atoms with van der Waals surface area (Å²) in [6, 6.07) is 10.1. The average molecular weight is 365 g/mol. The van der Waals surface area contributed by atoms with Crippen molar-refractivity contribution in [2.24, 2.45) is 0 Å². The molecule has 0 unspecified atom stereocenters. The van der Waals surface area contributed by atoms with Gasteiger partial charge in [0.2, 0.25) is 0 Å². The van der Waals surface area contributed by atoms with Crippen molar-refractivity contribution in [2.75, 3.05) is 5.32 Å². The van der Waals surface area contributed by atoms with E-state index in [0.717, 1.165) is 5.56 Å². The van der Waals surface area contributed by atoms with E-state index in [-0.39, 0.29) is 0 Å². The van der Waals surface area contributed by atoms with Gasteiger partial charge in [-0.05, 0) is 42.8 Å². The van der Waals surface area contributed by atoms with Gasteiger partial charge in [-0.3, -0.25) is 4.79 Å². The number of amides is 1. The zero-order valence-electron chi connectivity index (χ0n) is 12.7. The SMILES string of the molecule is C[C@@H](OC(=O)/C=C/c1ccc(Cl)cc1)C(=O)Nc1ccc(Cl)cn1. The first-order valence-corrected chi connectivity index (χ1v) is 7.76. The fourth-order valence-corrected chi connectivity index (χ4v) is 1.92. The van der Waals surface area contributed by atoms with Crippen molar-refractivity contribution in [3.05, 3.63) is 64.3 Å². The topological polar surface area (TPSA) is 68.3 Å². The van der Waals surface area contributed by atoms with E-state index in [4.69, 9.17) is 27.9 Å². The molecule has 7 heteroatoms. The van der Waals surface area contributed by atoms with Crippen LogP contribution in [0.5, 0.6) is 0 Å². The third-order valence-corrected chi connectivity index (χ3v) is 3.40. The second-order valence-electron chi connectivity index (χ2n) is 4.81. The van der Waals surface area contributed by atoms with E-state index >= 15 is 0 Å². The highest BCUT2D eigenvalue weighted by molar-refractivity contribution is 6.30. The first-order valence-electron chi connectivity index (χ1n) is 7.01. The van der Waals surface area contributed by atoms with Crippen molar-refractivity contribution in [1.29, 1.82) is 0 Å². The second kappa shape index (κ2) is 8.47. The van der Waals surface area contributed by atoms with Crippen LogP contribution >= 0.6 is 23.2 Å². The molecule has 124 valence electrons. The Kier molecular flexibility index (Phi) is 6.35. The van der Waals surface area contributed by atoms with Crippen LogP contribution in [0.25, 0.3) is 6.08 Å². The molecule has 24 heavy (non-hydrogen) atoms. The minimum Gasteiger partial charge on any atom is -0.449 e. The van der Waals surface area contributed by atoms with Gasteiger partial charge in [0.15, 0.2) is 6.10 Å². The van der Waals surface area contributed by atoms with Crippen molar-refractivity contribution < 1.29 is 14.3 Å². The van der Waals surface area contributed by atoms with Crippen molar-refractivity contribution in [3.63, 3.8) is 0 Å². The molecule has 0 radical (unpaired) electrons. The lowest BCUT2D eigenvalue weighted by molar-refractivity contribution is -0.148. The third-order valence-electron chi connectivity index (χ3n) is 2.92. The van der Waals surface area contributed by atoms with Gasteiger partial charge < -0.3 is 10.1 Å². The summed E-state index contributed by atoms with van der Waals surface area (Å²) in [5.74, 6) is -0.793. The van der Waals surface area contributed by atoms with Gasteiger partial charge in [-0.1, -0.05) is 35.3 Å². The molecule has 0 saturated carbocycles. The molecule has 0 aliphatic rings. The molecule has 0 bridgehead atoms. The van der Waals surface area contributed by atoms with Crippen LogP contribution in [0.4, 0.5) is 5.82 Å². The predicted octanol–water partition coefficient (Wildman–Crippen LogP) is 3.97. The summed E-state index contributed by atoms with van der Waals surface area (Å²) in [7, 11) is 0. The Morgan fingerprint density at radius 3 is 2.42 bits per heavy atom. The maximum absolute atomic E-state index is 11.9. The fraction of sp³-hybridized carbons (Fsp3) is 0.118. The van der Waals surface area contributed by atoms with Gasteiger partial charge in [0.1, 0.15) is 5.82 Å². The molecule has 1 atom stereocenters. The van der Waals surface area contributed by atoms with Gasteiger partial charge in [-0.25, -0.2) is 9.78 Å².